The minimum atomic E-state index is -3.49. The number of carbonyl (C=O) groups excluding carboxylic acids is 1. The molecule has 142 valence electrons. The Labute approximate surface area is 152 Å². The molecule has 2 aromatic rings. The number of nitrogens with one attached hydrogen (secondary N) is 2. The van der Waals surface area contributed by atoms with Gasteiger partial charge in [-0.25, -0.2) is 8.42 Å². The zero-order valence-electron chi connectivity index (χ0n) is 15.3. The maximum atomic E-state index is 12.8. The highest BCUT2D eigenvalue weighted by Crippen LogP contribution is 2.29. The number of rotatable bonds is 8. The number of hydrogen-bond donors (Lipinski definition) is 2. The van der Waals surface area contributed by atoms with E-state index < -0.39 is 21.2 Å². The molecule has 8 nitrogen and oxygen atoms in total. The minimum absolute atomic E-state index is 0.0184. The van der Waals surface area contributed by atoms with Gasteiger partial charge in [-0.3, -0.25) is 14.3 Å². The molecule has 0 saturated carbocycles. The summed E-state index contributed by atoms with van der Waals surface area (Å²) in [6.07, 6.45) is 2.48. The molecule has 0 spiro atoms. The molecule has 0 saturated heterocycles. The molecule has 9 heteroatoms. The maximum Gasteiger partial charge on any atom is 0.277 e. The standard InChI is InChI=1S/C17H23N3O5S/c1-5-20-17(22)13(10-19-20)16(21)12-6-7-14(26(4,23)24)15(11(12)2)18-8-9-25-3/h6-7,10,18-19H,5,8-9H2,1-4H3. The van der Waals surface area contributed by atoms with Crippen molar-refractivity contribution in [3.8, 4) is 0 Å². The summed E-state index contributed by atoms with van der Waals surface area (Å²) in [6.45, 7) is 4.62. The Morgan fingerprint density at radius 1 is 1.31 bits per heavy atom. The molecule has 0 atom stereocenters. The Morgan fingerprint density at radius 3 is 2.54 bits per heavy atom. The summed E-state index contributed by atoms with van der Waals surface area (Å²) in [5.74, 6) is -0.453. The second-order valence-electron chi connectivity index (χ2n) is 5.87. The third-order valence-corrected chi connectivity index (χ3v) is 5.22. The van der Waals surface area contributed by atoms with Crippen LogP contribution in [0.2, 0.25) is 0 Å². The van der Waals surface area contributed by atoms with Crippen LogP contribution in [0.3, 0.4) is 0 Å². The highest BCUT2D eigenvalue weighted by Gasteiger charge is 2.23. The fraction of sp³-hybridized carbons (Fsp3) is 0.412. The van der Waals surface area contributed by atoms with Crippen LogP contribution in [0.15, 0.2) is 28.0 Å². The Bertz CT molecular complexity index is 973. The minimum Gasteiger partial charge on any atom is -0.383 e. The maximum absolute atomic E-state index is 12.8. The highest BCUT2D eigenvalue weighted by atomic mass is 32.2. The predicted molar refractivity (Wildman–Crippen MR) is 98.8 cm³/mol. The van der Waals surface area contributed by atoms with Gasteiger partial charge in [0.25, 0.3) is 5.56 Å². The Morgan fingerprint density at radius 2 is 2.00 bits per heavy atom. The first-order chi connectivity index (χ1) is 12.2. The van der Waals surface area contributed by atoms with Gasteiger partial charge in [0.2, 0.25) is 5.78 Å². The summed E-state index contributed by atoms with van der Waals surface area (Å²) >= 11 is 0. The Hall–Kier alpha value is -2.39. The van der Waals surface area contributed by atoms with Gasteiger partial charge in [-0.05, 0) is 31.5 Å². The van der Waals surface area contributed by atoms with E-state index in [0.29, 0.717) is 30.9 Å². The van der Waals surface area contributed by atoms with E-state index >= 15 is 0 Å². The van der Waals surface area contributed by atoms with Crippen molar-refractivity contribution in [2.75, 3.05) is 31.8 Å². The lowest BCUT2D eigenvalue weighted by molar-refractivity contribution is 0.103. The first-order valence-electron chi connectivity index (χ1n) is 8.11. The van der Waals surface area contributed by atoms with Crippen LogP contribution < -0.4 is 10.9 Å². The van der Waals surface area contributed by atoms with Crippen molar-refractivity contribution in [2.45, 2.75) is 25.3 Å². The third-order valence-electron chi connectivity index (χ3n) is 4.08. The number of anilines is 1. The number of benzene rings is 1. The van der Waals surface area contributed by atoms with Crippen molar-refractivity contribution >= 4 is 21.3 Å². The molecule has 1 aromatic carbocycles. The summed E-state index contributed by atoms with van der Waals surface area (Å²) in [5.41, 5.74) is 0.707. The fourth-order valence-electron chi connectivity index (χ4n) is 2.69. The molecule has 0 amide bonds. The number of aromatic nitrogens is 2. The van der Waals surface area contributed by atoms with Crippen LogP contribution in [-0.4, -0.2) is 50.5 Å². The first-order valence-corrected chi connectivity index (χ1v) is 10.0. The van der Waals surface area contributed by atoms with E-state index in [1.165, 1.54) is 30.1 Å². The van der Waals surface area contributed by atoms with Gasteiger partial charge >= 0.3 is 0 Å². The predicted octanol–water partition coefficient (Wildman–Crippen LogP) is 1.20. The van der Waals surface area contributed by atoms with Gasteiger partial charge in [0.05, 0.1) is 17.2 Å². The van der Waals surface area contributed by atoms with Gasteiger partial charge in [0, 0.05) is 38.2 Å². The van der Waals surface area contributed by atoms with Gasteiger partial charge in [0.15, 0.2) is 9.84 Å². The first kappa shape index (κ1) is 19.9. The number of ketones is 1. The molecular weight excluding hydrogens is 358 g/mol. The van der Waals surface area contributed by atoms with Crippen LogP contribution in [0.4, 0.5) is 5.69 Å². The van der Waals surface area contributed by atoms with Crippen molar-refractivity contribution in [1.82, 2.24) is 9.78 Å². The van der Waals surface area contributed by atoms with Crippen LogP contribution in [0.1, 0.15) is 28.4 Å². The normalized spacial score (nSPS) is 11.5. The summed E-state index contributed by atoms with van der Waals surface area (Å²) in [4.78, 5) is 25.2. The van der Waals surface area contributed by atoms with E-state index in [4.69, 9.17) is 4.74 Å². The molecular formula is C17H23N3O5S. The monoisotopic (exact) mass is 381 g/mol. The van der Waals surface area contributed by atoms with Crippen LogP contribution in [0, 0.1) is 6.92 Å². The van der Waals surface area contributed by atoms with E-state index in [0.717, 1.165) is 6.26 Å². The number of hydrogen-bond acceptors (Lipinski definition) is 6. The van der Waals surface area contributed by atoms with Crippen LogP contribution >= 0.6 is 0 Å². The number of carbonyl (C=O) groups is 1. The lowest BCUT2D eigenvalue weighted by Crippen LogP contribution is -2.22. The van der Waals surface area contributed by atoms with Gasteiger partial charge in [-0.15, -0.1) is 0 Å². The lowest BCUT2D eigenvalue weighted by Gasteiger charge is -2.16. The van der Waals surface area contributed by atoms with E-state index in [2.05, 4.69) is 10.4 Å². The molecule has 0 aliphatic carbocycles. The molecule has 0 radical (unpaired) electrons. The Kier molecular flexibility index (Phi) is 6.04. The number of nitrogens with zero attached hydrogens (tertiary/aromatic N) is 1. The Balaban J connectivity index is 2.56. The molecule has 2 rings (SSSR count). The van der Waals surface area contributed by atoms with Gasteiger partial charge < -0.3 is 15.2 Å². The fourth-order valence-corrected chi connectivity index (χ4v) is 3.60. The molecule has 0 aliphatic heterocycles. The van der Waals surface area contributed by atoms with E-state index in [1.54, 1.807) is 13.8 Å². The topological polar surface area (TPSA) is 110 Å². The summed E-state index contributed by atoms with van der Waals surface area (Å²) < 4.78 is 30.4. The number of H-pyrrole nitrogens is 1. The van der Waals surface area contributed by atoms with Crippen molar-refractivity contribution in [1.29, 1.82) is 0 Å². The molecule has 1 heterocycles. The smallest absolute Gasteiger partial charge is 0.277 e. The van der Waals surface area contributed by atoms with Gasteiger partial charge in [0.1, 0.15) is 5.56 Å². The average Bonchev–Trinajstić information content (AvgIpc) is 2.95. The van der Waals surface area contributed by atoms with Gasteiger partial charge in [-0.2, -0.15) is 0 Å². The van der Waals surface area contributed by atoms with Crippen molar-refractivity contribution in [2.24, 2.45) is 0 Å². The number of aromatic amines is 1. The van der Waals surface area contributed by atoms with Crippen LogP contribution in [0.5, 0.6) is 0 Å². The quantitative estimate of drug-likeness (QED) is 0.525. The third kappa shape index (κ3) is 3.88. The van der Waals surface area contributed by atoms with Crippen molar-refractivity contribution < 1.29 is 17.9 Å². The summed E-state index contributed by atoms with van der Waals surface area (Å²) in [5, 5.41) is 5.76. The van der Waals surface area contributed by atoms with Crippen LogP contribution in [0.25, 0.3) is 0 Å². The van der Waals surface area contributed by atoms with Crippen molar-refractivity contribution in [3.63, 3.8) is 0 Å². The van der Waals surface area contributed by atoms with Crippen molar-refractivity contribution in [3.05, 3.63) is 45.4 Å². The molecule has 0 aliphatic rings. The largest absolute Gasteiger partial charge is 0.383 e. The molecule has 0 bridgehead atoms. The van der Waals surface area contributed by atoms with E-state index in [-0.39, 0.29) is 16.0 Å². The van der Waals surface area contributed by atoms with Crippen LogP contribution in [-0.2, 0) is 21.1 Å². The number of aryl methyl sites for hydroxylation is 1. The molecule has 0 unspecified atom stereocenters. The van der Waals surface area contributed by atoms with E-state index in [1.807, 2.05) is 0 Å². The SMILES string of the molecule is CCn1[nH]cc(C(=O)c2ccc(S(C)(=O)=O)c(NCCOC)c2C)c1=O. The zero-order valence-corrected chi connectivity index (χ0v) is 16.1. The number of methoxy groups -OCH3 is 1. The second kappa shape index (κ2) is 7.88. The zero-order chi connectivity index (χ0) is 19.5. The number of sulfone groups is 1. The van der Waals surface area contributed by atoms with Gasteiger partial charge in [-0.1, -0.05) is 0 Å². The summed E-state index contributed by atoms with van der Waals surface area (Å²) in [6, 6.07) is 2.83. The molecule has 0 fully saturated rings. The lowest BCUT2D eigenvalue weighted by atomic mass is 9.99. The number of ether oxygens (including phenoxy) is 1. The molecule has 26 heavy (non-hydrogen) atoms. The summed E-state index contributed by atoms with van der Waals surface area (Å²) in [7, 11) is -1.96. The molecule has 1 aromatic heterocycles. The molecule has 2 N–H and O–H groups in total. The highest BCUT2D eigenvalue weighted by molar-refractivity contribution is 7.90. The second-order valence-corrected chi connectivity index (χ2v) is 7.85. The van der Waals surface area contributed by atoms with E-state index in [9.17, 15) is 18.0 Å². The average molecular weight is 381 g/mol.